The third kappa shape index (κ3) is 6.76. The predicted octanol–water partition coefficient (Wildman–Crippen LogP) is 4.06. The summed E-state index contributed by atoms with van der Waals surface area (Å²) in [4.78, 5) is 2.63. The first-order chi connectivity index (χ1) is 9.17. The van der Waals surface area contributed by atoms with Crippen LogP contribution in [0.5, 0.6) is 0 Å². The summed E-state index contributed by atoms with van der Waals surface area (Å²) < 4.78 is 0. The lowest BCUT2D eigenvalue weighted by Gasteiger charge is -2.34. The van der Waals surface area contributed by atoms with Crippen LogP contribution >= 0.6 is 0 Å². The quantitative estimate of drug-likeness (QED) is 0.635. The summed E-state index contributed by atoms with van der Waals surface area (Å²) in [6, 6.07) is 1.56. The maximum atomic E-state index is 3.49. The van der Waals surface area contributed by atoms with E-state index in [1.54, 1.807) is 0 Å². The number of hydrogen-bond donors (Lipinski definition) is 1. The first-order valence-corrected chi connectivity index (χ1v) is 8.60. The molecule has 1 rings (SSSR count). The lowest BCUT2D eigenvalue weighted by atomic mass is 9.84. The Kier molecular flexibility index (Phi) is 8.72. The molecule has 0 bridgehead atoms. The van der Waals surface area contributed by atoms with Crippen molar-refractivity contribution in [1.82, 2.24) is 10.2 Å². The van der Waals surface area contributed by atoms with Gasteiger partial charge in [0.2, 0.25) is 0 Å². The second-order valence-electron chi connectivity index (χ2n) is 6.52. The summed E-state index contributed by atoms with van der Waals surface area (Å²) in [7, 11) is 2.34. The Labute approximate surface area is 121 Å². The molecule has 1 atom stereocenters. The van der Waals surface area contributed by atoms with E-state index in [4.69, 9.17) is 0 Å². The fraction of sp³-hybridized carbons (Fsp3) is 1.00. The molecule has 0 amide bonds. The van der Waals surface area contributed by atoms with Crippen molar-refractivity contribution in [3.63, 3.8) is 0 Å². The van der Waals surface area contributed by atoms with E-state index in [-0.39, 0.29) is 0 Å². The molecule has 114 valence electrons. The molecule has 0 radical (unpaired) electrons. The van der Waals surface area contributed by atoms with Gasteiger partial charge in [-0.15, -0.1) is 0 Å². The molecule has 0 aromatic heterocycles. The van der Waals surface area contributed by atoms with Gasteiger partial charge in [0, 0.05) is 12.1 Å². The molecule has 1 N–H and O–H groups in total. The van der Waals surface area contributed by atoms with E-state index in [0.29, 0.717) is 6.04 Å². The largest absolute Gasteiger partial charge is 0.315 e. The molecule has 2 heteroatoms. The fourth-order valence-corrected chi connectivity index (χ4v) is 3.44. The first-order valence-electron chi connectivity index (χ1n) is 8.60. The molecule has 1 unspecified atom stereocenters. The van der Waals surface area contributed by atoms with Crippen LogP contribution < -0.4 is 5.32 Å². The number of nitrogens with zero attached hydrogens (tertiary/aromatic N) is 1. The number of rotatable bonds is 9. The predicted molar refractivity (Wildman–Crippen MR) is 85.7 cm³/mol. The molecule has 1 aliphatic carbocycles. The molecule has 1 saturated carbocycles. The van der Waals surface area contributed by atoms with E-state index in [9.17, 15) is 0 Å². The molecule has 1 fully saturated rings. The van der Waals surface area contributed by atoms with Gasteiger partial charge in [-0.2, -0.15) is 0 Å². The fourth-order valence-electron chi connectivity index (χ4n) is 3.44. The van der Waals surface area contributed by atoms with E-state index >= 15 is 0 Å². The van der Waals surface area contributed by atoms with Crippen LogP contribution in [-0.4, -0.2) is 37.1 Å². The number of hydrogen-bond acceptors (Lipinski definition) is 2. The highest BCUT2D eigenvalue weighted by Crippen LogP contribution is 2.28. The van der Waals surface area contributed by atoms with E-state index < -0.39 is 0 Å². The molecule has 0 aromatic carbocycles. The van der Waals surface area contributed by atoms with Crippen LogP contribution in [0.3, 0.4) is 0 Å². The van der Waals surface area contributed by atoms with Crippen LogP contribution in [-0.2, 0) is 0 Å². The topological polar surface area (TPSA) is 15.3 Å². The molecule has 0 heterocycles. The number of unbranched alkanes of at least 4 members (excludes halogenated alkanes) is 1. The highest BCUT2D eigenvalue weighted by atomic mass is 15.1. The normalized spacial score (nSPS) is 25.7. The van der Waals surface area contributed by atoms with Crippen LogP contribution in [0.1, 0.15) is 72.1 Å². The van der Waals surface area contributed by atoms with Crippen molar-refractivity contribution >= 4 is 0 Å². The molecule has 0 spiro atoms. The monoisotopic (exact) mass is 268 g/mol. The summed E-state index contributed by atoms with van der Waals surface area (Å²) in [6.07, 6.45) is 11.2. The summed E-state index contributed by atoms with van der Waals surface area (Å²) >= 11 is 0. The van der Waals surface area contributed by atoms with Crippen molar-refractivity contribution in [2.75, 3.05) is 20.1 Å². The van der Waals surface area contributed by atoms with Gasteiger partial charge in [-0.3, -0.25) is 0 Å². The Balaban J connectivity index is 2.06. The van der Waals surface area contributed by atoms with Crippen molar-refractivity contribution < 1.29 is 0 Å². The lowest BCUT2D eigenvalue weighted by molar-refractivity contribution is 0.161. The zero-order valence-electron chi connectivity index (χ0n) is 13.8. The van der Waals surface area contributed by atoms with Gasteiger partial charge in [-0.05, 0) is 71.5 Å². The minimum atomic E-state index is 0.690. The van der Waals surface area contributed by atoms with Crippen LogP contribution in [0, 0.1) is 5.92 Å². The van der Waals surface area contributed by atoms with Crippen molar-refractivity contribution in [3.8, 4) is 0 Å². The van der Waals surface area contributed by atoms with Gasteiger partial charge in [0.15, 0.2) is 0 Å². The van der Waals surface area contributed by atoms with Crippen molar-refractivity contribution in [3.05, 3.63) is 0 Å². The molecular formula is C17H36N2. The second kappa shape index (κ2) is 9.77. The second-order valence-corrected chi connectivity index (χ2v) is 6.52. The average Bonchev–Trinajstić information content (AvgIpc) is 2.44. The molecule has 2 nitrogen and oxygen atoms in total. The summed E-state index contributed by atoms with van der Waals surface area (Å²) in [5.41, 5.74) is 0. The average molecular weight is 268 g/mol. The van der Waals surface area contributed by atoms with Gasteiger partial charge < -0.3 is 10.2 Å². The molecule has 0 saturated heterocycles. The lowest BCUT2D eigenvalue weighted by Crippen LogP contribution is -2.35. The van der Waals surface area contributed by atoms with E-state index in [0.717, 1.165) is 18.5 Å². The molecule has 0 aliphatic heterocycles. The minimum Gasteiger partial charge on any atom is -0.315 e. The van der Waals surface area contributed by atoms with Crippen LogP contribution in [0.2, 0.25) is 0 Å². The van der Waals surface area contributed by atoms with Crippen molar-refractivity contribution in [2.45, 2.75) is 84.2 Å². The van der Waals surface area contributed by atoms with Gasteiger partial charge in [0.25, 0.3) is 0 Å². The zero-order chi connectivity index (χ0) is 14.1. The van der Waals surface area contributed by atoms with Gasteiger partial charge in [-0.25, -0.2) is 0 Å². The van der Waals surface area contributed by atoms with Crippen molar-refractivity contribution in [2.24, 2.45) is 5.92 Å². The smallest absolute Gasteiger partial charge is 0.00924 e. The minimum absolute atomic E-state index is 0.690. The Morgan fingerprint density at radius 1 is 1.11 bits per heavy atom. The Hall–Kier alpha value is -0.0800. The Morgan fingerprint density at radius 2 is 1.79 bits per heavy atom. The molecule has 0 aromatic rings. The van der Waals surface area contributed by atoms with E-state index in [1.165, 1.54) is 57.9 Å². The summed E-state index contributed by atoms with van der Waals surface area (Å²) in [6.45, 7) is 9.23. The maximum Gasteiger partial charge on any atom is 0.00924 e. The Bertz CT molecular complexity index is 209. The third-order valence-electron chi connectivity index (χ3n) is 4.97. The molecule has 1 aliphatic rings. The van der Waals surface area contributed by atoms with Gasteiger partial charge in [0.1, 0.15) is 0 Å². The maximum absolute atomic E-state index is 3.49. The third-order valence-corrected chi connectivity index (χ3v) is 4.97. The van der Waals surface area contributed by atoms with E-state index in [2.05, 4.69) is 38.0 Å². The molecule has 19 heavy (non-hydrogen) atoms. The van der Waals surface area contributed by atoms with Crippen LogP contribution in [0.15, 0.2) is 0 Å². The highest BCUT2D eigenvalue weighted by Gasteiger charge is 2.22. The number of nitrogens with one attached hydrogen (secondary N) is 1. The first kappa shape index (κ1) is 17.0. The summed E-state index contributed by atoms with van der Waals surface area (Å²) in [5, 5.41) is 3.49. The SMILES string of the molecule is CCNC(C)CCCCN(C)C1CCC(CC)CC1. The highest BCUT2D eigenvalue weighted by molar-refractivity contribution is 4.77. The van der Waals surface area contributed by atoms with Crippen LogP contribution in [0.4, 0.5) is 0 Å². The van der Waals surface area contributed by atoms with E-state index in [1.807, 2.05) is 0 Å². The van der Waals surface area contributed by atoms with Gasteiger partial charge >= 0.3 is 0 Å². The zero-order valence-corrected chi connectivity index (χ0v) is 13.8. The van der Waals surface area contributed by atoms with Crippen LogP contribution in [0.25, 0.3) is 0 Å². The van der Waals surface area contributed by atoms with Gasteiger partial charge in [-0.1, -0.05) is 26.7 Å². The molecular weight excluding hydrogens is 232 g/mol. The standard InChI is InChI=1S/C17H36N2/c1-5-16-10-12-17(13-11-16)19(4)14-8-7-9-15(3)18-6-2/h15-18H,5-14H2,1-4H3. The summed E-state index contributed by atoms with van der Waals surface area (Å²) in [5.74, 6) is 1.02. The van der Waals surface area contributed by atoms with Gasteiger partial charge in [0.05, 0.1) is 0 Å². The van der Waals surface area contributed by atoms with Crippen molar-refractivity contribution in [1.29, 1.82) is 0 Å². The Morgan fingerprint density at radius 3 is 2.37 bits per heavy atom.